The zero-order chi connectivity index (χ0) is 29.3. The Morgan fingerprint density at radius 3 is 2.18 bits per heavy atom. The maximum atomic E-state index is 14.1. The van der Waals surface area contributed by atoms with E-state index in [9.17, 15) is 14.4 Å². The van der Waals surface area contributed by atoms with Gasteiger partial charge >= 0.3 is 6.09 Å². The standard InChI is InChI=1S/C32H43N3O4/c1-10-18-35(30(37)26(19-21(3)4)33-31(38)39-32(7,8)9)28(25-17-13-16-24(11-2)20-25)29(36)34-27-22(5)14-12-15-23(27)6/h10-17,20-21,26,28H,1-2,18-19H2,3-9H3,(H,33,38)(H,34,36). The highest BCUT2D eigenvalue weighted by atomic mass is 16.6. The maximum absolute atomic E-state index is 14.1. The van der Waals surface area contributed by atoms with Gasteiger partial charge in [-0.1, -0.05) is 69.0 Å². The molecule has 7 nitrogen and oxygen atoms in total. The van der Waals surface area contributed by atoms with E-state index in [-0.39, 0.29) is 18.4 Å². The van der Waals surface area contributed by atoms with E-state index in [4.69, 9.17) is 4.74 Å². The molecular weight excluding hydrogens is 490 g/mol. The molecule has 3 amide bonds. The summed E-state index contributed by atoms with van der Waals surface area (Å²) in [6.07, 6.45) is 2.94. The minimum Gasteiger partial charge on any atom is -0.444 e. The molecule has 0 aromatic heterocycles. The van der Waals surface area contributed by atoms with E-state index in [0.29, 0.717) is 17.7 Å². The minimum atomic E-state index is -0.996. The second-order valence-electron chi connectivity index (χ2n) is 11.1. The van der Waals surface area contributed by atoms with Gasteiger partial charge in [-0.25, -0.2) is 4.79 Å². The lowest BCUT2D eigenvalue weighted by atomic mass is 9.97. The summed E-state index contributed by atoms with van der Waals surface area (Å²) in [6, 6.07) is 11.2. The number of nitrogens with one attached hydrogen (secondary N) is 2. The van der Waals surface area contributed by atoms with Crippen molar-refractivity contribution in [3.63, 3.8) is 0 Å². The van der Waals surface area contributed by atoms with E-state index in [1.807, 2.05) is 70.2 Å². The normalized spacial score (nSPS) is 12.7. The smallest absolute Gasteiger partial charge is 0.408 e. The third kappa shape index (κ3) is 9.13. The van der Waals surface area contributed by atoms with Gasteiger partial charge in [0.15, 0.2) is 0 Å². The van der Waals surface area contributed by atoms with Gasteiger partial charge in [-0.05, 0) is 75.3 Å². The molecule has 2 atom stereocenters. The van der Waals surface area contributed by atoms with Crippen molar-refractivity contribution in [1.29, 1.82) is 0 Å². The molecule has 2 N–H and O–H groups in total. The monoisotopic (exact) mass is 533 g/mol. The topological polar surface area (TPSA) is 87.7 Å². The number of alkyl carbamates (subject to hydrolysis) is 1. The molecule has 2 rings (SSSR count). The van der Waals surface area contributed by atoms with Crippen molar-refractivity contribution < 1.29 is 19.1 Å². The van der Waals surface area contributed by atoms with Gasteiger partial charge in [0, 0.05) is 12.2 Å². The second-order valence-corrected chi connectivity index (χ2v) is 11.1. The van der Waals surface area contributed by atoms with Crippen LogP contribution in [-0.4, -0.2) is 41.0 Å². The molecule has 0 bridgehead atoms. The van der Waals surface area contributed by atoms with Crippen LogP contribution in [0.15, 0.2) is 61.7 Å². The summed E-state index contributed by atoms with van der Waals surface area (Å²) < 4.78 is 5.44. The van der Waals surface area contributed by atoms with Crippen LogP contribution in [0.1, 0.15) is 69.3 Å². The first-order valence-corrected chi connectivity index (χ1v) is 13.3. The lowest BCUT2D eigenvalue weighted by Gasteiger charge is -2.34. The van der Waals surface area contributed by atoms with E-state index in [0.717, 1.165) is 16.7 Å². The summed E-state index contributed by atoms with van der Waals surface area (Å²) in [5, 5.41) is 5.80. The number of rotatable bonds is 11. The summed E-state index contributed by atoms with van der Waals surface area (Å²) in [4.78, 5) is 42.3. The number of amides is 3. The van der Waals surface area contributed by atoms with Crippen LogP contribution in [0.4, 0.5) is 10.5 Å². The van der Waals surface area contributed by atoms with Crippen molar-refractivity contribution in [1.82, 2.24) is 10.2 Å². The molecule has 0 saturated carbocycles. The van der Waals surface area contributed by atoms with Crippen molar-refractivity contribution in [3.05, 3.63) is 84.0 Å². The molecule has 0 aliphatic heterocycles. The summed E-state index contributed by atoms with van der Waals surface area (Å²) >= 11 is 0. The molecule has 2 aromatic rings. The predicted molar refractivity (Wildman–Crippen MR) is 158 cm³/mol. The van der Waals surface area contributed by atoms with Gasteiger partial charge in [-0.15, -0.1) is 6.58 Å². The van der Waals surface area contributed by atoms with E-state index in [1.54, 1.807) is 32.9 Å². The van der Waals surface area contributed by atoms with Gasteiger partial charge in [0.2, 0.25) is 5.91 Å². The van der Waals surface area contributed by atoms with Gasteiger partial charge in [0.1, 0.15) is 17.7 Å². The highest BCUT2D eigenvalue weighted by Gasteiger charge is 2.36. The number of anilines is 1. The average Bonchev–Trinajstić information content (AvgIpc) is 2.84. The summed E-state index contributed by atoms with van der Waals surface area (Å²) in [5.74, 6) is -0.685. The highest BCUT2D eigenvalue weighted by Crippen LogP contribution is 2.28. The zero-order valence-electron chi connectivity index (χ0n) is 24.3. The quantitative estimate of drug-likeness (QED) is 0.319. The van der Waals surface area contributed by atoms with E-state index < -0.39 is 29.7 Å². The van der Waals surface area contributed by atoms with Crippen molar-refractivity contribution in [2.75, 3.05) is 11.9 Å². The van der Waals surface area contributed by atoms with Crippen LogP contribution in [0.2, 0.25) is 0 Å². The summed E-state index contributed by atoms with van der Waals surface area (Å²) in [7, 11) is 0. The Morgan fingerprint density at radius 1 is 1.03 bits per heavy atom. The minimum absolute atomic E-state index is 0.0884. The van der Waals surface area contributed by atoms with Gasteiger partial charge < -0.3 is 20.3 Å². The Morgan fingerprint density at radius 2 is 1.64 bits per heavy atom. The Hall–Kier alpha value is -3.87. The summed E-state index contributed by atoms with van der Waals surface area (Å²) in [5.41, 5.74) is 3.22. The number of hydrogen-bond donors (Lipinski definition) is 2. The first kappa shape index (κ1) is 31.3. The maximum Gasteiger partial charge on any atom is 0.408 e. The Balaban J connectivity index is 2.59. The molecule has 210 valence electrons. The van der Waals surface area contributed by atoms with Gasteiger partial charge in [-0.3, -0.25) is 9.59 Å². The zero-order valence-corrected chi connectivity index (χ0v) is 24.3. The lowest BCUT2D eigenvalue weighted by Crippen LogP contribution is -2.52. The SMILES string of the molecule is C=CCN(C(=O)C(CC(C)C)NC(=O)OC(C)(C)C)C(C(=O)Nc1c(C)cccc1C)c1cccc(C=C)c1. The van der Waals surface area contributed by atoms with E-state index in [1.165, 1.54) is 4.90 Å². The molecule has 0 radical (unpaired) electrons. The molecule has 0 fully saturated rings. The summed E-state index contributed by atoms with van der Waals surface area (Å²) in [6.45, 7) is 20.8. The number of carbonyl (C=O) groups excluding carboxylic acids is 3. The third-order valence-electron chi connectivity index (χ3n) is 6.06. The second kappa shape index (κ2) is 13.8. The molecule has 0 aliphatic carbocycles. The van der Waals surface area contributed by atoms with Crippen molar-refractivity contribution >= 4 is 29.7 Å². The number of benzene rings is 2. The predicted octanol–water partition coefficient (Wildman–Crippen LogP) is 6.58. The van der Waals surface area contributed by atoms with Crippen LogP contribution in [0, 0.1) is 19.8 Å². The Kier molecular flexibility index (Phi) is 11.1. The number of para-hydroxylation sites is 1. The van der Waals surface area contributed by atoms with Crippen molar-refractivity contribution in [2.45, 2.75) is 72.6 Å². The highest BCUT2D eigenvalue weighted by molar-refractivity contribution is 6.00. The first-order chi connectivity index (χ1) is 18.3. The largest absolute Gasteiger partial charge is 0.444 e. The Bertz CT molecular complexity index is 1180. The fourth-order valence-corrected chi connectivity index (χ4v) is 4.34. The van der Waals surface area contributed by atoms with Crippen LogP contribution in [0.3, 0.4) is 0 Å². The number of ether oxygens (including phenoxy) is 1. The molecule has 0 heterocycles. The third-order valence-corrected chi connectivity index (χ3v) is 6.06. The molecule has 39 heavy (non-hydrogen) atoms. The van der Waals surface area contributed by atoms with E-state index >= 15 is 0 Å². The molecule has 2 aromatic carbocycles. The van der Waals surface area contributed by atoms with Crippen LogP contribution in [-0.2, 0) is 14.3 Å². The molecule has 2 unspecified atom stereocenters. The fourth-order valence-electron chi connectivity index (χ4n) is 4.34. The molecule has 0 spiro atoms. The average molecular weight is 534 g/mol. The lowest BCUT2D eigenvalue weighted by molar-refractivity contribution is -0.140. The van der Waals surface area contributed by atoms with Crippen LogP contribution in [0.5, 0.6) is 0 Å². The van der Waals surface area contributed by atoms with Crippen molar-refractivity contribution in [3.8, 4) is 0 Å². The number of carbonyl (C=O) groups is 3. The number of aryl methyl sites for hydroxylation is 2. The van der Waals surface area contributed by atoms with Gasteiger partial charge in [-0.2, -0.15) is 0 Å². The molecule has 7 heteroatoms. The van der Waals surface area contributed by atoms with Crippen LogP contribution < -0.4 is 10.6 Å². The fraction of sp³-hybridized carbons (Fsp3) is 0.406. The molecule has 0 saturated heterocycles. The van der Waals surface area contributed by atoms with Crippen molar-refractivity contribution in [2.24, 2.45) is 5.92 Å². The first-order valence-electron chi connectivity index (χ1n) is 13.3. The molecular formula is C32H43N3O4. The number of nitrogens with zero attached hydrogens (tertiary/aromatic N) is 1. The number of hydrogen-bond acceptors (Lipinski definition) is 4. The molecule has 0 aliphatic rings. The van der Waals surface area contributed by atoms with Crippen LogP contribution >= 0.6 is 0 Å². The van der Waals surface area contributed by atoms with Crippen LogP contribution in [0.25, 0.3) is 6.08 Å². The van der Waals surface area contributed by atoms with E-state index in [2.05, 4.69) is 23.8 Å². The van der Waals surface area contributed by atoms with Gasteiger partial charge in [0.25, 0.3) is 5.91 Å². The van der Waals surface area contributed by atoms with Gasteiger partial charge in [0.05, 0.1) is 0 Å². The Labute approximate surface area is 233 Å².